The molecule has 1 saturated carbocycles. The van der Waals surface area contributed by atoms with Crippen molar-refractivity contribution in [2.45, 2.75) is 44.6 Å². The first kappa shape index (κ1) is 23.6. The highest BCUT2D eigenvalue weighted by Crippen LogP contribution is 2.38. The number of hydrogen-bond donors (Lipinski definition) is 2. The SMILES string of the molecule is COc1ccc2ncc3c(c2c1)CC(CC1CCC(NC(=O)c2ccc4c(c2)NC(=O)CO4)CC1)CO3. The molecule has 3 aromatic rings. The van der Waals surface area contributed by atoms with Crippen LogP contribution in [0, 0.1) is 11.8 Å². The summed E-state index contributed by atoms with van der Waals surface area (Å²) in [6, 6.07) is 11.3. The maximum Gasteiger partial charge on any atom is 0.262 e. The number of aromatic nitrogens is 1. The average molecular weight is 502 g/mol. The van der Waals surface area contributed by atoms with Crippen molar-refractivity contribution >= 4 is 28.4 Å². The Morgan fingerprint density at radius 3 is 2.78 bits per heavy atom. The first-order chi connectivity index (χ1) is 18.1. The molecule has 8 heteroatoms. The fourth-order valence-electron chi connectivity index (χ4n) is 5.88. The molecule has 0 spiro atoms. The van der Waals surface area contributed by atoms with Crippen LogP contribution in [0.2, 0.25) is 0 Å². The normalized spacial score (nSPS) is 22.6. The highest BCUT2D eigenvalue weighted by atomic mass is 16.5. The van der Waals surface area contributed by atoms with E-state index in [1.807, 2.05) is 18.3 Å². The number of rotatable bonds is 5. The van der Waals surface area contributed by atoms with Gasteiger partial charge in [-0.3, -0.25) is 14.6 Å². The van der Waals surface area contributed by atoms with Crippen molar-refractivity contribution in [1.29, 1.82) is 0 Å². The van der Waals surface area contributed by atoms with Crippen LogP contribution in [0.4, 0.5) is 5.69 Å². The number of hydrogen-bond acceptors (Lipinski definition) is 6. The van der Waals surface area contributed by atoms with E-state index in [0.717, 1.165) is 67.5 Å². The maximum absolute atomic E-state index is 12.9. The number of carbonyl (C=O) groups is 2. The molecule has 2 amide bonds. The molecule has 37 heavy (non-hydrogen) atoms. The fraction of sp³-hybridized carbons (Fsp3) is 0.414. The summed E-state index contributed by atoms with van der Waals surface area (Å²) in [5.74, 6) is 3.08. The van der Waals surface area contributed by atoms with Gasteiger partial charge in [-0.25, -0.2) is 0 Å². The minimum atomic E-state index is -0.209. The number of pyridine rings is 1. The number of anilines is 1. The van der Waals surface area contributed by atoms with Gasteiger partial charge in [0.15, 0.2) is 6.61 Å². The summed E-state index contributed by atoms with van der Waals surface area (Å²) in [5.41, 5.74) is 3.27. The Morgan fingerprint density at radius 2 is 1.95 bits per heavy atom. The lowest BCUT2D eigenvalue weighted by atomic mass is 9.78. The second kappa shape index (κ2) is 9.92. The second-order valence-corrected chi connectivity index (χ2v) is 10.3. The van der Waals surface area contributed by atoms with Crippen LogP contribution < -0.4 is 24.8 Å². The fourth-order valence-corrected chi connectivity index (χ4v) is 5.88. The zero-order chi connectivity index (χ0) is 25.4. The average Bonchev–Trinajstić information content (AvgIpc) is 2.93. The van der Waals surface area contributed by atoms with Gasteiger partial charge in [0.25, 0.3) is 11.8 Å². The van der Waals surface area contributed by atoms with E-state index in [9.17, 15) is 9.59 Å². The van der Waals surface area contributed by atoms with Crippen molar-refractivity contribution in [2.24, 2.45) is 11.8 Å². The number of amides is 2. The van der Waals surface area contributed by atoms with E-state index in [1.165, 1.54) is 5.56 Å². The Balaban J connectivity index is 1.04. The van der Waals surface area contributed by atoms with Crippen LogP contribution in [0.1, 0.15) is 48.0 Å². The van der Waals surface area contributed by atoms with Gasteiger partial charge in [-0.15, -0.1) is 0 Å². The van der Waals surface area contributed by atoms with Crippen LogP contribution in [0.15, 0.2) is 42.6 Å². The summed E-state index contributed by atoms with van der Waals surface area (Å²) >= 11 is 0. The summed E-state index contributed by atoms with van der Waals surface area (Å²) in [4.78, 5) is 29.0. The Hall–Kier alpha value is -3.81. The van der Waals surface area contributed by atoms with E-state index in [4.69, 9.17) is 14.2 Å². The quantitative estimate of drug-likeness (QED) is 0.534. The summed E-state index contributed by atoms with van der Waals surface area (Å²) in [6.45, 7) is 0.725. The summed E-state index contributed by atoms with van der Waals surface area (Å²) in [5, 5.41) is 7.06. The molecule has 0 bridgehead atoms. The Labute approximate surface area is 215 Å². The summed E-state index contributed by atoms with van der Waals surface area (Å²) in [7, 11) is 1.68. The lowest BCUT2D eigenvalue weighted by Crippen LogP contribution is -2.38. The first-order valence-corrected chi connectivity index (χ1v) is 13.0. The molecule has 192 valence electrons. The van der Waals surface area contributed by atoms with Crippen LogP contribution in [0.5, 0.6) is 17.2 Å². The Kier molecular flexibility index (Phi) is 6.32. The molecule has 0 radical (unpaired) electrons. The lowest BCUT2D eigenvalue weighted by molar-refractivity contribution is -0.118. The summed E-state index contributed by atoms with van der Waals surface area (Å²) < 4.78 is 17.0. The van der Waals surface area contributed by atoms with Crippen LogP contribution in [-0.4, -0.2) is 43.2 Å². The molecule has 2 N–H and O–H groups in total. The third-order valence-corrected chi connectivity index (χ3v) is 7.84. The van der Waals surface area contributed by atoms with E-state index in [-0.39, 0.29) is 24.5 Å². The van der Waals surface area contributed by atoms with Crippen LogP contribution >= 0.6 is 0 Å². The van der Waals surface area contributed by atoms with Gasteiger partial charge < -0.3 is 24.8 Å². The Morgan fingerprint density at radius 1 is 1.08 bits per heavy atom. The molecule has 1 aliphatic carbocycles. The Bertz CT molecular complexity index is 1340. The van der Waals surface area contributed by atoms with E-state index < -0.39 is 0 Å². The molecule has 6 rings (SSSR count). The third kappa shape index (κ3) is 4.92. The van der Waals surface area contributed by atoms with Gasteiger partial charge in [0, 0.05) is 22.6 Å². The number of fused-ring (bicyclic) bond motifs is 4. The predicted molar refractivity (Wildman–Crippen MR) is 139 cm³/mol. The first-order valence-electron chi connectivity index (χ1n) is 13.0. The molecule has 2 aliphatic heterocycles. The largest absolute Gasteiger partial charge is 0.497 e. The molecule has 1 fully saturated rings. The number of ether oxygens (including phenoxy) is 3. The van der Waals surface area contributed by atoms with Crippen molar-refractivity contribution in [2.75, 3.05) is 25.6 Å². The highest BCUT2D eigenvalue weighted by Gasteiger charge is 2.29. The van der Waals surface area contributed by atoms with Crippen LogP contribution in [0.25, 0.3) is 10.9 Å². The topological polar surface area (TPSA) is 98.8 Å². The van der Waals surface area contributed by atoms with Crippen LogP contribution in [-0.2, 0) is 11.2 Å². The van der Waals surface area contributed by atoms with E-state index >= 15 is 0 Å². The van der Waals surface area contributed by atoms with Gasteiger partial charge in [-0.1, -0.05) is 0 Å². The van der Waals surface area contributed by atoms with Gasteiger partial charge in [0.1, 0.15) is 17.2 Å². The second-order valence-electron chi connectivity index (χ2n) is 10.3. The predicted octanol–water partition coefficient (Wildman–Crippen LogP) is 4.50. The van der Waals surface area contributed by atoms with Gasteiger partial charge in [-0.05, 0) is 86.8 Å². The lowest BCUT2D eigenvalue weighted by Gasteiger charge is -2.33. The third-order valence-electron chi connectivity index (χ3n) is 7.84. The highest BCUT2D eigenvalue weighted by molar-refractivity contribution is 6.00. The standard InChI is InChI=1S/C29H31N3O5/c1-35-21-7-8-24-22(13-21)23-11-18(15-36-27(23)14-30-24)10-17-2-5-20(6-3-17)31-29(34)19-4-9-26-25(12-19)32-28(33)16-37-26/h4,7-9,12-14,17-18,20H,2-3,5-6,10-11,15-16H2,1H3,(H,31,34)(H,32,33). The molecule has 8 nitrogen and oxygen atoms in total. The van der Waals surface area contributed by atoms with Crippen molar-refractivity contribution in [1.82, 2.24) is 10.3 Å². The van der Waals surface area contributed by atoms with Gasteiger partial charge in [0.05, 0.1) is 31.1 Å². The maximum atomic E-state index is 12.9. The van der Waals surface area contributed by atoms with Gasteiger partial charge in [-0.2, -0.15) is 0 Å². The molecule has 3 heterocycles. The smallest absolute Gasteiger partial charge is 0.262 e. The number of methoxy groups -OCH3 is 1. The molecule has 2 aromatic carbocycles. The minimum absolute atomic E-state index is 0.00379. The van der Waals surface area contributed by atoms with Gasteiger partial charge >= 0.3 is 0 Å². The molecule has 1 unspecified atom stereocenters. The van der Waals surface area contributed by atoms with Gasteiger partial charge in [0.2, 0.25) is 0 Å². The van der Waals surface area contributed by atoms with Crippen molar-refractivity contribution in [3.05, 3.63) is 53.7 Å². The van der Waals surface area contributed by atoms with Crippen molar-refractivity contribution < 1.29 is 23.8 Å². The molecule has 1 aromatic heterocycles. The molecule has 0 saturated heterocycles. The van der Waals surface area contributed by atoms with E-state index in [0.29, 0.717) is 28.8 Å². The zero-order valence-electron chi connectivity index (χ0n) is 20.9. The van der Waals surface area contributed by atoms with Crippen LogP contribution in [0.3, 0.4) is 0 Å². The summed E-state index contributed by atoms with van der Waals surface area (Å²) in [6.07, 6.45) is 8.07. The minimum Gasteiger partial charge on any atom is -0.497 e. The molecular weight excluding hydrogens is 470 g/mol. The number of benzene rings is 2. The zero-order valence-corrected chi connectivity index (χ0v) is 20.9. The van der Waals surface area contributed by atoms with E-state index in [1.54, 1.807) is 25.3 Å². The number of nitrogens with one attached hydrogen (secondary N) is 2. The number of carbonyl (C=O) groups excluding carboxylic acids is 2. The molecule has 3 aliphatic rings. The molecule has 1 atom stereocenters. The number of nitrogens with zero attached hydrogens (tertiary/aromatic N) is 1. The monoisotopic (exact) mass is 501 g/mol. The molecular formula is C29H31N3O5. The van der Waals surface area contributed by atoms with Crippen molar-refractivity contribution in [3.8, 4) is 17.2 Å². The van der Waals surface area contributed by atoms with Crippen molar-refractivity contribution in [3.63, 3.8) is 0 Å². The van der Waals surface area contributed by atoms with E-state index in [2.05, 4.69) is 21.7 Å².